The number of sulfonamides is 1. The summed E-state index contributed by atoms with van der Waals surface area (Å²) in [6.45, 7) is 2.54. The largest absolute Gasteiger partial charge is 0.377 e. The Morgan fingerprint density at radius 3 is 2.76 bits per heavy atom. The van der Waals surface area contributed by atoms with Gasteiger partial charge in [0.1, 0.15) is 0 Å². The SMILES string of the molecule is O=S(=O)(NCCOC1CCNCC1)c1ccc(Cl)c(Br)c1. The van der Waals surface area contributed by atoms with Gasteiger partial charge in [0.25, 0.3) is 0 Å². The van der Waals surface area contributed by atoms with Crippen LogP contribution in [0.15, 0.2) is 27.6 Å². The lowest BCUT2D eigenvalue weighted by Crippen LogP contribution is -2.34. The molecular weight excluding hydrogens is 380 g/mol. The van der Waals surface area contributed by atoms with Crippen molar-refractivity contribution >= 4 is 37.6 Å². The summed E-state index contributed by atoms with van der Waals surface area (Å²) in [5, 5.41) is 3.73. The average molecular weight is 398 g/mol. The second-order valence-corrected chi connectivity index (χ2v) is 7.82. The van der Waals surface area contributed by atoms with E-state index >= 15 is 0 Å². The van der Waals surface area contributed by atoms with Crippen molar-refractivity contribution in [3.8, 4) is 0 Å². The zero-order chi connectivity index (χ0) is 15.3. The Balaban J connectivity index is 1.82. The predicted octanol–water partition coefficient (Wildman–Crippen LogP) is 2.15. The molecule has 5 nitrogen and oxygen atoms in total. The van der Waals surface area contributed by atoms with Crippen LogP contribution in [0.25, 0.3) is 0 Å². The van der Waals surface area contributed by atoms with Gasteiger partial charge >= 0.3 is 0 Å². The lowest BCUT2D eigenvalue weighted by molar-refractivity contribution is 0.0367. The standard InChI is InChI=1S/C13H18BrClN2O3S/c14-12-9-11(1-2-13(12)15)21(18,19)17-7-8-20-10-3-5-16-6-4-10/h1-2,9-10,16-17H,3-8H2. The summed E-state index contributed by atoms with van der Waals surface area (Å²) >= 11 is 9.07. The third kappa shape index (κ3) is 5.19. The van der Waals surface area contributed by atoms with Gasteiger partial charge in [-0.3, -0.25) is 0 Å². The van der Waals surface area contributed by atoms with Crippen LogP contribution in [0.4, 0.5) is 0 Å². The normalized spacial score (nSPS) is 17.0. The van der Waals surface area contributed by atoms with Gasteiger partial charge in [-0.15, -0.1) is 0 Å². The summed E-state index contributed by atoms with van der Waals surface area (Å²) in [7, 11) is -3.53. The summed E-state index contributed by atoms with van der Waals surface area (Å²) in [4.78, 5) is 0.181. The van der Waals surface area contributed by atoms with Crippen molar-refractivity contribution < 1.29 is 13.2 Å². The van der Waals surface area contributed by atoms with E-state index in [1.807, 2.05) is 0 Å². The van der Waals surface area contributed by atoms with Crippen molar-refractivity contribution in [3.05, 3.63) is 27.7 Å². The van der Waals surface area contributed by atoms with Gasteiger partial charge in [-0.05, 0) is 60.1 Å². The van der Waals surface area contributed by atoms with Crippen LogP contribution in [0.5, 0.6) is 0 Å². The Morgan fingerprint density at radius 1 is 1.38 bits per heavy atom. The van der Waals surface area contributed by atoms with Gasteiger partial charge in [0.05, 0.1) is 22.6 Å². The first-order valence-electron chi connectivity index (χ1n) is 6.76. The molecule has 2 rings (SSSR count). The fourth-order valence-electron chi connectivity index (χ4n) is 2.09. The molecule has 21 heavy (non-hydrogen) atoms. The molecular formula is C13H18BrClN2O3S. The molecule has 2 N–H and O–H groups in total. The van der Waals surface area contributed by atoms with Crippen LogP contribution in [-0.2, 0) is 14.8 Å². The maximum atomic E-state index is 12.1. The summed E-state index contributed by atoms with van der Waals surface area (Å²) in [5.74, 6) is 0. The lowest BCUT2D eigenvalue weighted by atomic mass is 10.1. The maximum absolute atomic E-state index is 12.1. The number of benzene rings is 1. The van der Waals surface area contributed by atoms with Crippen LogP contribution in [0.1, 0.15) is 12.8 Å². The highest BCUT2D eigenvalue weighted by Crippen LogP contribution is 2.25. The molecule has 0 aliphatic carbocycles. The third-order valence-corrected chi connectivity index (χ3v) is 5.91. The zero-order valence-electron chi connectivity index (χ0n) is 11.4. The minimum absolute atomic E-state index is 0.181. The molecule has 0 saturated carbocycles. The van der Waals surface area contributed by atoms with Crippen molar-refractivity contribution in [2.75, 3.05) is 26.2 Å². The molecule has 8 heteroatoms. The van der Waals surface area contributed by atoms with Gasteiger partial charge in [-0.1, -0.05) is 11.6 Å². The average Bonchev–Trinajstić information content (AvgIpc) is 2.47. The maximum Gasteiger partial charge on any atom is 0.240 e. The summed E-state index contributed by atoms with van der Waals surface area (Å²) < 4.78 is 33.0. The minimum Gasteiger partial charge on any atom is -0.377 e. The Hall–Kier alpha value is -0.180. The van der Waals surface area contributed by atoms with E-state index in [9.17, 15) is 8.42 Å². The van der Waals surface area contributed by atoms with E-state index in [-0.39, 0.29) is 17.5 Å². The first kappa shape index (κ1) is 17.2. The van der Waals surface area contributed by atoms with Gasteiger partial charge in [-0.25, -0.2) is 13.1 Å². The summed E-state index contributed by atoms with van der Waals surface area (Å²) in [5.41, 5.74) is 0. The first-order chi connectivity index (χ1) is 9.99. The van der Waals surface area contributed by atoms with Crippen molar-refractivity contribution in [2.45, 2.75) is 23.8 Å². The van der Waals surface area contributed by atoms with E-state index in [0.717, 1.165) is 25.9 Å². The van der Waals surface area contributed by atoms with Crippen LogP contribution in [0, 0.1) is 0 Å². The molecule has 1 heterocycles. The molecule has 0 aromatic heterocycles. The monoisotopic (exact) mass is 396 g/mol. The number of hydrogen-bond acceptors (Lipinski definition) is 4. The van der Waals surface area contributed by atoms with E-state index in [0.29, 0.717) is 16.1 Å². The molecule has 1 aliphatic rings. The Morgan fingerprint density at radius 2 is 2.10 bits per heavy atom. The first-order valence-corrected chi connectivity index (χ1v) is 9.41. The number of hydrogen-bond donors (Lipinski definition) is 2. The highest BCUT2D eigenvalue weighted by Gasteiger charge is 2.16. The highest BCUT2D eigenvalue weighted by molar-refractivity contribution is 9.10. The van der Waals surface area contributed by atoms with Gasteiger partial charge < -0.3 is 10.1 Å². The predicted molar refractivity (Wildman–Crippen MR) is 86.2 cm³/mol. The second-order valence-electron chi connectivity index (χ2n) is 4.79. The minimum atomic E-state index is -3.53. The summed E-state index contributed by atoms with van der Waals surface area (Å²) in [6.07, 6.45) is 2.16. The molecule has 0 amide bonds. The van der Waals surface area contributed by atoms with Crippen molar-refractivity contribution in [1.29, 1.82) is 0 Å². The molecule has 1 aliphatic heterocycles. The van der Waals surface area contributed by atoms with Crippen LogP contribution >= 0.6 is 27.5 Å². The van der Waals surface area contributed by atoms with Gasteiger partial charge in [0, 0.05) is 11.0 Å². The third-order valence-electron chi connectivity index (χ3n) is 3.24. The van der Waals surface area contributed by atoms with Crippen molar-refractivity contribution in [1.82, 2.24) is 10.0 Å². The van der Waals surface area contributed by atoms with Crippen molar-refractivity contribution in [3.63, 3.8) is 0 Å². The van der Waals surface area contributed by atoms with E-state index in [1.54, 1.807) is 6.07 Å². The molecule has 0 unspecified atom stereocenters. The molecule has 118 valence electrons. The van der Waals surface area contributed by atoms with Crippen LogP contribution in [0.2, 0.25) is 5.02 Å². The second kappa shape index (κ2) is 7.89. The zero-order valence-corrected chi connectivity index (χ0v) is 14.6. The van der Waals surface area contributed by atoms with Gasteiger partial charge in [-0.2, -0.15) is 0 Å². The fraction of sp³-hybridized carbons (Fsp3) is 0.538. The molecule has 1 aromatic rings. The number of nitrogens with one attached hydrogen (secondary N) is 2. The quantitative estimate of drug-likeness (QED) is 0.722. The summed E-state index contributed by atoms with van der Waals surface area (Å²) in [6, 6.07) is 4.51. The number of rotatable bonds is 6. The number of ether oxygens (including phenoxy) is 1. The molecule has 1 fully saturated rings. The fourth-order valence-corrected chi connectivity index (χ4v) is 3.78. The highest BCUT2D eigenvalue weighted by atomic mass is 79.9. The number of piperidine rings is 1. The topological polar surface area (TPSA) is 67.4 Å². The van der Waals surface area contributed by atoms with Crippen LogP contribution in [0.3, 0.4) is 0 Å². The Labute approximate surface area is 138 Å². The van der Waals surface area contributed by atoms with E-state index in [4.69, 9.17) is 16.3 Å². The molecule has 0 spiro atoms. The van der Waals surface area contributed by atoms with E-state index in [1.165, 1.54) is 12.1 Å². The lowest BCUT2D eigenvalue weighted by Gasteiger charge is -2.22. The van der Waals surface area contributed by atoms with Crippen LogP contribution < -0.4 is 10.0 Å². The van der Waals surface area contributed by atoms with E-state index in [2.05, 4.69) is 26.0 Å². The van der Waals surface area contributed by atoms with E-state index < -0.39 is 10.0 Å². The Kier molecular flexibility index (Phi) is 6.46. The molecule has 0 atom stereocenters. The molecule has 1 saturated heterocycles. The number of halogens is 2. The molecule has 0 bridgehead atoms. The van der Waals surface area contributed by atoms with Gasteiger partial charge in [0.15, 0.2) is 0 Å². The Bertz CT molecular complexity index is 577. The van der Waals surface area contributed by atoms with Gasteiger partial charge in [0.2, 0.25) is 10.0 Å². The molecule has 1 aromatic carbocycles. The van der Waals surface area contributed by atoms with Crippen LogP contribution in [-0.4, -0.2) is 40.8 Å². The van der Waals surface area contributed by atoms with Crippen molar-refractivity contribution in [2.24, 2.45) is 0 Å². The molecule has 0 radical (unpaired) electrons. The smallest absolute Gasteiger partial charge is 0.240 e.